The zero-order valence-electron chi connectivity index (χ0n) is 13.6. The summed E-state index contributed by atoms with van der Waals surface area (Å²) in [5.74, 6) is -4.69. The van der Waals surface area contributed by atoms with Gasteiger partial charge in [0.25, 0.3) is 5.91 Å². The molecule has 0 bridgehead atoms. The van der Waals surface area contributed by atoms with Gasteiger partial charge in [-0.05, 0) is 43.3 Å². The largest absolute Gasteiger partial charge is 0.484 e. The van der Waals surface area contributed by atoms with Gasteiger partial charge in [0, 0.05) is 16.6 Å². The Hall–Kier alpha value is -2.87. The third kappa shape index (κ3) is 4.02. The quantitative estimate of drug-likeness (QED) is 0.663. The Morgan fingerprint density at radius 2 is 1.85 bits per heavy atom. The first kappa shape index (κ1) is 17.9. The molecule has 1 aromatic heterocycles. The molecule has 0 aliphatic carbocycles. The van der Waals surface area contributed by atoms with E-state index < -0.39 is 35.7 Å². The molecule has 0 aliphatic heterocycles. The molecule has 26 heavy (non-hydrogen) atoms. The van der Waals surface area contributed by atoms with E-state index in [4.69, 9.17) is 4.74 Å². The van der Waals surface area contributed by atoms with Crippen molar-refractivity contribution in [1.82, 2.24) is 4.98 Å². The van der Waals surface area contributed by atoms with Gasteiger partial charge in [0.2, 0.25) is 0 Å². The minimum atomic E-state index is -1.64. The van der Waals surface area contributed by atoms with E-state index in [1.165, 1.54) is 11.3 Å². The van der Waals surface area contributed by atoms with Crippen LogP contribution >= 0.6 is 11.3 Å². The molecule has 1 heterocycles. The van der Waals surface area contributed by atoms with Gasteiger partial charge in [-0.1, -0.05) is 0 Å². The van der Waals surface area contributed by atoms with Crippen LogP contribution in [0.25, 0.3) is 10.6 Å². The fourth-order valence-corrected chi connectivity index (χ4v) is 2.94. The lowest BCUT2D eigenvalue weighted by molar-refractivity contribution is -0.118. The zero-order valence-corrected chi connectivity index (χ0v) is 14.4. The molecule has 2 aromatic carbocycles. The van der Waals surface area contributed by atoms with Gasteiger partial charge in [-0.2, -0.15) is 0 Å². The first-order chi connectivity index (χ1) is 12.4. The number of hydrogen-bond donors (Lipinski definition) is 1. The maximum Gasteiger partial charge on any atom is 0.262 e. The van der Waals surface area contributed by atoms with Crippen molar-refractivity contribution in [3.8, 4) is 16.3 Å². The van der Waals surface area contributed by atoms with E-state index in [-0.39, 0.29) is 0 Å². The van der Waals surface area contributed by atoms with Crippen LogP contribution < -0.4 is 10.1 Å². The number of aromatic nitrogens is 1. The van der Waals surface area contributed by atoms with E-state index in [1.807, 2.05) is 12.3 Å². The summed E-state index contributed by atoms with van der Waals surface area (Å²) in [6.07, 6.45) is 0. The Kier molecular flexibility index (Phi) is 5.22. The van der Waals surface area contributed by atoms with Crippen LogP contribution in [0.15, 0.2) is 41.8 Å². The number of ether oxygens (including phenoxy) is 1. The molecule has 8 heteroatoms. The van der Waals surface area contributed by atoms with Crippen LogP contribution in [0.3, 0.4) is 0 Å². The van der Waals surface area contributed by atoms with Gasteiger partial charge in [0.05, 0.1) is 5.69 Å². The van der Waals surface area contributed by atoms with Crippen LogP contribution in [0.4, 0.5) is 18.9 Å². The van der Waals surface area contributed by atoms with E-state index in [2.05, 4.69) is 10.3 Å². The fourth-order valence-electron chi connectivity index (χ4n) is 2.14. The molecule has 0 unspecified atom stereocenters. The summed E-state index contributed by atoms with van der Waals surface area (Å²) >= 11 is 1.52. The summed E-state index contributed by atoms with van der Waals surface area (Å²) in [7, 11) is 0. The SMILES string of the molecule is Cc1csc(-c2ccc(OCC(=O)Nc3ccc(F)c(F)c3F)cc2)n1. The highest BCUT2D eigenvalue weighted by molar-refractivity contribution is 7.13. The van der Waals surface area contributed by atoms with Crippen molar-refractivity contribution in [3.05, 3.63) is 64.9 Å². The lowest BCUT2D eigenvalue weighted by Crippen LogP contribution is -2.21. The van der Waals surface area contributed by atoms with Crippen LogP contribution in [-0.2, 0) is 4.79 Å². The molecular formula is C18H13F3N2O2S. The van der Waals surface area contributed by atoms with Gasteiger partial charge in [0.1, 0.15) is 10.8 Å². The maximum atomic E-state index is 13.5. The first-order valence-corrected chi connectivity index (χ1v) is 8.40. The number of rotatable bonds is 5. The monoisotopic (exact) mass is 378 g/mol. The van der Waals surface area contributed by atoms with Gasteiger partial charge in [0.15, 0.2) is 24.1 Å². The highest BCUT2D eigenvalue weighted by atomic mass is 32.1. The van der Waals surface area contributed by atoms with Gasteiger partial charge >= 0.3 is 0 Å². The molecule has 3 aromatic rings. The number of carbonyl (C=O) groups is 1. The second-order valence-corrected chi connectivity index (χ2v) is 6.24. The maximum absolute atomic E-state index is 13.5. The molecule has 0 saturated heterocycles. The van der Waals surface area contributed by atoms with Crippen molar-refractivity contribution in [2.75, 3.05) is 11.9 Å². The number of halogens is 3. The molecule has 0 radical (unpaired) electrons. The van der Waals surface area contributed by atoms with Crippen molar-refractivity contribution < 1.29 is 22.7 Å². The van der Waals surface area contributed by atoms with Crippen LogP contribution in [0.1, 0.15) is 5.69 Å². The van der Waals surface area contributed by atoms with Crippen molar-refractivity contribution in [1.29, 1.82) is 0 Å². The zero-order chi connectivity index (χ0) is 18.7. The summed E-state index contributed by atoms with van der Waals surface area (Å²) in [6.45, 7) is 1.50. The van der Waals surface area contributed by atoms with Gasteiger partial charge in [-0.15, -0.1) is 11.3 Å². The summed E-state index contributed by atoms with van der Waals surface area (Å²) in [5.41, 5.74) is 1.40. The van der Waals surface area contributed by atoms with E-state index >= 15 is 0 Å². The first-order valence-electron chi connectivity index (χ1n) is 7.53. The average molecular weight is 378 g/mol. The molecule has 3 rings (SSSR count). The second kappa shape index (κ2) is 7.57. The third-order valence-electron chi connectivity index (χ3n) is 3.40. The second-order valence-electron chi connectivity index (χ2n) is 5.38. The normalized spacial score (nSPS) is 10.6. The van der Waals surface area contributed by atoms with Crippen LogP contribution in [0.5, 0.6) is 5.75 Å². The Morgan fingerprint density at radius 1 is 1.12 bits per heavy atom. The molecule has 0 spiro atoms. The van der Waals surface area contributed by atoms with Gasteiger partial charge in [-0.3, -0.25) is 4.79 Å². The van der Waals surface area contributed by atoms with E-state index in [9.17, 15) is 18.0 Å². The molecule has 1 amide bonds. The molecule has 4 nitrogen and oxygen atoms in total. The predicted molar refractivity (Wildman–Crippen MR) is 92.7 cm³/mol. The van der Waals surface area contributed by atoms with Crippen molar-refractivity contribution in [3.63, 3.8) is 0 Å². The number of nitrogens with zero attached hydrogens (tertiary/aromatic N) is 1. The smallest absolute Gasteiger partial charge is 0.262 e. The van der Waals surface area contributed by atoms with Gasteiger partial charge < -0.3 is 10.1 Å². The average Bonchev–Trinajstić information content (AvgIpc) is 3.07. The van der Waals surface area contributed by atoms with Crippen molar-refractivity contribution >= 4 is 22.9 Å². The molecule has 0 saturated carbocycles. The number of hydrogen-bond acceptors (Lipinski definition) is 4. The Balaban J connectivity index is 1.59. The fraction of sp³-hybridized carbons (Fsp3) is 0.111. The van der Waals surface area contributed by atoms with Gasteiger partial charge in [-0.25, -0.2) is 18.2 Å². The molecule has 1 N–H and O–H groups in total. The number of aryl methyl sites for hydroxylation is 1. The lowest BCUT2D eigenvalue weighted by Gasteiger charge is -2.09. The molecule has 134 valence electrons. The van der Waals surface area contributed by atoms with Crippen LogP contribution in [-0.4, -0.2) is 17.5 Å². The number of anilines is 1. The Morgan fingerprint density at radius 3 is 2.50 bits per heavy atom. The van der Waals surface area contributed by atoms with E-state index in [0.29, 0.717) is 5.75 Å². The number of nitrogens with one attached hydrogen (secondary N) is 1. The lowest BCUT2D eigenvalue weighted by atomic mass is 10.2. The summed E-state index contributed by atoms with van der Waals surface area (Å²) in [5, 5.41) is 4.96. The highest BCUT2D eigenvalue weighted by Crippen LogP contribution is 2.25. The topological polar surface area (TPSA) is 51.2 Å². The summed E-state index contributed by atoms with van der Waals surface area (Å²) in [4.78, 5) is 16.2. The molecule has 0 aliphatic rings. The Labute approximate surface area is 151 Å². The number of benzene rings is 2. The van der Waals surface area contributed by atoms with Crippen molar-refractivity contribution in [2.45, 2.75) is 6.92 Å². The van der Waals surface area contributed by atoms with Crippen LogP contribution in [0.2, 0.25) is 0 Å². The Bertz CT molecular complexity index is 942. The van der Waals surface area contributed by atoms with E-state index in [0.717, 1.165) is 28.4 Å². The minimum absolute atomic E-state index is 0.409. The van der Waals surface area contributed by atoms with E-state index in [1.54, 1.807) is 24.3 Å². The predicted octanol–water partition coefficient (Wildman–Crippen LogP) is 4.55. The molecular weight excluding hydrogens is 365 g/mol. The van der Waals surface area contributed by atoms with Crippen molar-refractivity contribution in [2.24, 2.45) is 0 Å². The highest BCUT2D eigenvalue weighted by Gasteiger charge is 2.15. The number of carbonyl (C=O) groups excluding carboxylic acids is 1. The van der Waals surface area contributed by atoms with Crippen LogP contribution in [0, 0.1) is 24.4 Å². The minimum Gasteiger partial charge on any atom is -0.484 e. The summed E-state index contributed by atoms with van der Waals surface area (Å²) < 4.78 is 44.8. The molecule has 0 atom stereocenters. The number of amides is 1. The standard InChI is InChI=1S/C18H13F3N2O2S/c1-10-9-26-18(22-10)11-2-4-12(5-3-11)25-8-15(24)23-14-7-6-13(19)16(20)17(14)21/h2-7,9H,8H2,1H3,(H,23,24). The number of thiazole rings is 1. The third-order valence-corrected chi connectivity index (χ3v) is 4.41. The molecule has 0 fully saturated rings. The summed E-state index contributed by atoms with van der Waals surface area (Å²) in [6, 6.07) is 8.64.